The Kier molecular flexibility index (Phi) is 11.4. The molecule has 0 radical (unpaired) electrons. The molecule has 16 heteroatoms. The minimum absolute atomic E-state index is 0.170. The standard InChI is InChI=1S/C32H20Cl2F7N3O3S/c1-15(29(45)44-28-26(37)24(35)23(32(39,40)41)25(36)27(28)38)48-20-9-5-8-19(14-20)42-31(47)22(12-17-10-11-18(33)13-21(17)34)43-30(46)16-6-3-2-4-7-16/h2-15H,1H3,(H,42,47)(H,43,46)(H,44,45)/b22-12+. The monoisotopic (exact) mass is 729 g/mol. The van der Waals surface area contributed by atoms with Crippen LogP contribution < -0.4 is 16.0 Å². The Balaban J connectivity index is 1.52. The van der Waals surface area contributed by atoms with Crippen molar-refractivity contribution >= 4 is 70.1 Å². The molecule has 0 aliphatic carbocycles. The Hall–Kier alpha value is -4.53. The number of halogens is 9. The number of anilines is 2. The van der Waals surface area contributed by atoms with E-state index in [-0.39, 0.29) is 22.0 Å². The fourth-order valence-corrected chi connectivity index (χ4v) is 5.42. The number of thioether (sulfide) groups is 1. The highest BCUT2D eigenvalue weighted by atomic mass is 35.5. The second-order valence-corrected chi connectivity index (χ2v) is 12.0. The van der Waals surface area contributed by atoms with Gasteiger partial charge in [0.2, 0.25) is 5.91 Å². The van der Waals surface area contributed by atoms with Gasteiger partial charge in [-0.25, -0.2) is 17.6 Å². The second-order valence-electron chi connectivity index (χ2n) is 9.78. The van der Waals surface area contributed by atoms with Crippen LogP contribution in [-0.4, -0.2) is 23.0 Å². The molecule has 0 saturated heterocycles. The molecule has 0 saturated carbocycles. The number of benzene rings is 4. The normalized spacial score (nSPS) is 12.3. The molecule has 3 amide bonds. The molecule has 3 N–H and O–H groups in total. The molecule has 6 nitrogen and oxygen atoms in total. The highest BCUT2D eigenvalue weighted by Crippen LogP contribution is 2.39. The van der Waals surface area contributed by atoms with Gasteiger partial charge in [0, 0.05) is 26.2 Å². The van der Waals surface area contributed by atoms with Gasteiger partial charge in [0.25, 0.3) is 11.8 Å². The SMILES string of the molecule is CC(Sc1cccc(NC(=O)/C(=C\c2ccc(Cl)cc2Cl)NC(=O)c2ccccc2)c1)C(=O)Nc1c(F)c(F)c(C(F)(F)F)c(F)c1F. The topological polar surface area (TPSA) is 87.3 Å². The lowest BCUT2D eigenvalue weighted by Gasteiger charge is -2.17. The first-order valence-electron chi connectivity index (χ1n) is 13.4. The summed E-state index contributed by atoms with van der Waals surface area (Å²) in [4.78, 5) is 39.2. The Morgan fingerprint density at radius 3 is 2.06 bits per heavy atom. The highest BCUT2D eigenvalue weighted by Gasteiger charge is 2.42. The van der Waals surface area contributed by atoms with Gasteiger partial charge in [0.15, 0.2) is 23.3 Å². The maximum Gasteiger partial charge on any atom is 0.422 e. The molecule has 0 spiro atoms. The lowest BCUT2D eigenvalue weighted by atomic mass is 10.1. The van der Waals surface area contributed by atoms with Crippen molar-refractivity contribution in [1.82, 2.24) is 5.32 Å². The van der Waals surface area contributed by atoms with E-state index >= 15 is 0 Å². The number of hydrogen-bond acceptors (Lipinski definition) is 4. The largest absolute Gasteiger partial charge is 0.422 e. The van der Waals surface area contributed by atoms with Gasteiger partial charge in [0.1, 0.15) is 16.9 Å². The molecule has 4 rings (SSSR count). The minimum Gasteiger partial charge on any atom is -0.321 e. The summed E-state index contributed by atoms with van der Waals surface area (Å²) < 4.78 is 95.2. The van der Waals surface area contributed by atoms with Gasteiger partial charge < -0.3 is 16.0 Å². The van der Waals surface area contributed by atoms with Crippen LogP contribution in [0, 0.1) is 23.3 Å². The predicted octanol–water partition coefficient (Wildman–Crippen LogP) is 9.10. The number of carbonyl (C=O) groups is 3. The first-order valence-corrected chi connectivity index (χ1v) is 15.1. The summed E-state index contributed by atoms with van der Waals surface area (Å²) in [6.45, 7) is 1.24. The summed E-state index contributed by atoms with van der Waals surface area (Å²) in [5, 5.41) is 6.03. The fourth-order valence-electron chi connectivity index (χ4n) is 4.03. The van der Waals surface area contributed by atoms with Gasteiger partial charge >= 0.3 is 6.18 Å². The molecule has 0 heterocycles. The third kappa shape index (κ3) is 8.68. The van der Waals surface area contributed by atoms with Crippen LogP contribution in [0.5, 0.6) is 0 Å². The summed E-state index contributed by atoms with van der Waals surface area (Å²) in [5.74, 6) is -12.9. The van der Waals surface area contributed by atoms with E-state index in [4.69, 9.17) is 23.2 Å². The zero-order valence-corrected chi connectivity index (χ0v) is 26.4. The van der Waals surface area contributed by atoms with Crippen LogP contribution in [0.25, 0.3) is 6.08 Å². The van der Waals surface area contributed by atoms with E-state index in [9.17, 15) is 45.1 Å². The summed E-state index contributed by atoms with van der Waals surface area (Å²) in [7, 11) is 0. The molecule has 4 aromatic rings. The summed E-state index contributed by atoms with van der Waals surface area (Å²) in [6.07, 6.45) is -4.42. The molecule has 0 fully saturated rings. The van der Waals surface area contributed by atoms with E-state index in [0.717, 1.165) is 11.8 Å². The second kappa shape index (κ2) is 15.1. The van der Waals surface area contributed by atoms with E-state index in [2.05, 4.69) is 10.6 Å². The zero-order valence-electron chi connectivity index (χ0n) is 24.1. The van der Waals surface area contributed by atoms with Crippen LogP contribution in [0.3, 0.4) is 0 Å². The van der Waals surface area contributed by atoms with Crippen molar-refractivity contribution in [3.8, 4) is 0 Å². The van der Waals surface area contributed by atoms with Crippen molar-refractivity contribution in [3.63, 3.8) is 0 Å². The predicted molar refractivity (Wildman–Crippen MR) is 169 cm³/mol. The Morgan fingerprint density at radius 1 is 0.812 bits per heavy atom. The number of carbonyl (C=O) groups excluding carboxylic acids is 3. The quantitative estimate of drug-likeness (QED) is 0.0695. The van der Waals surface area contributed by atoms with Gasteiger partial charge in [-0.05, 0) is 61.0 Å². The van der Waals surface area contributed by atoms with Crippen LogP contribution in [0.4, 0.5) is 42.1 Å². The maximum atomic E-state index is 14.3. The highest BCUT2D eigenvalue weighted by molar-refractivity contribution is 8.00. The average Bonchev–Trinajstić information content (AvgIpc) is 3.02. The lowest BCUT2D eigenvalue weighted by Crippen LogP contribution is -2.30. The Labute approximate surface area is 282 Å². The van der Waals surface area contributed by atoms with E-state index in [0.29, 0.717) is 15.5 Å². The van der Waals surface area contributed by atoms with E-state index in [1.54, 1.807) is 23.5 Å². The Morgan fingerprint density at radius 2 is 1.46 bits per heavy atom. The van der Waals surface area contributed by atoms with Crippen LogP contribution >= 0.6 is 35.0 Å². The van der Waals surface area contributed by atoms with Gasteiger partial charge in [-0.1, -0.05) is 53.5 Å². The van der Waals surface area contributed by atoms with E-state index in [1.807, 2.05) is 0 Å². The third-order valence-electron chi connectivity index (χ3n) is 6.36. The van der Waals surface area contributed by atoms with Crippen LogP contribution in [0.15, 0.2) is 83.4 Å². The summed E-state index contributed by atoms with van der Waals surface area (Å²) in [5.41, 5.74) is -3.93. The van der Waals surface area contributed by atoms with Crippen LogP contribution in [-0.2, 0) is 15.8 Å². The molecule has 0 aliphatic heterocycles. The van der Waals surface area contributed by atoms with Crippen molar-refractivity contribution in [1.29, 1.82) is 0 Å². The van der Waals surface area contributed by atoms with Crippen LogP contribution in [0.1, 0.15) is 28.4 Å². The first kappa shape index (κ1) is 36.3. The number of nitrogens with one attached hydrogen (secondary N) is 3. The summed E-state index contributed by atoms with van der Waals surface area (Å²) in [6, 6.07) is 18.4. The van der Waals surface area contributed by atoms with Gasteiger partial charge in [-0.3, -0.25) is 14.4 Å². The summed E-state index contributed by atoms with van der Waals surface area (Å²) >= 11 is 13.0. The molecule has 0 bridgehead atoms. The van der Waals surface area contributed by atoms with Crippen molar-refractivity contribution in [3.05, 3.63) is 128 Å². The van der Waals surface area contributed by atoms with Crippen molar-refractivity contribution in [2.24, 2.45) is 0 Å². The molecule has 1 atom stereocenters. The van der Waals surface area contributed by atoms with Gasteiger partial charge in [-0.15, -0.1) is 11.8 Å². The van der Waals surface area contributed by atoms with Gasteiger partial charge in [-0.2, -0.15) is 13.2 Å². The molecule has 1 unspecified atom stereocenters. The van der Waals surface area contributed by atoms with Gasteiger partial charge in [0.05, 0.1) is 5.25 Å². The van der Waals surface area contributed by atoms with Crippen LogP contribution in [0.2, 0.25) is 10.0 Å². The number of hydrogen-bond donors (Lipinski definition) is 3. The van der Waals surface area contributed by atoms with Crippen molar-refractivity contribution in [2.45, 2.75) is 23.2 Å². The number of amides is 3. The molecule has 4 aromatic carbocycles. The number of rotatable bonds is 9. The third-order valence-corrected chi connectivity index (χ3v) is 8.02. The first-order chi connectivity index (χ1) is 22.6. The zero-order chi connectivity index (χ0) is 35.3. The molecule has 250 valence electrons. The molecular formula is C32H20Cl2F7N3O3S. The lowest BCUT2D eigenvalue weighted by molar-refractivity contribution is -0.143. The minimum atomic E-state index is -5.74. The Bertz CT molecular complexity index is 1900. The van der Waals surface area contributed by atoms with Crippen molar-refractivity contribution < 1.29 is 45.1 Å². The van der Waals surface area contributed by atoms with Crippen molar-refractivity contribution in [2.75, 3.05) is 10.6 Å². The molecule has 0 aliphatic rings. The fraction of sp³-hybridized carbons (Fsp3) is 0.0938. The van der Waals surface area contributed by atoms with E-state index < -0.39 is 63.7 Å². The van der Waals surface area contributed by atoms with E-state index in [1.165, 1.54) is 67.6 Å². The molecule has 48 heavy (non-hydrogen) atoms. The average molecular weight is 730 g/mol. The molecular weight excluding hydrogens is 710 g/mol. The smallest absolute Gasteiger partial charge is 0.321 e. The molecule has 0 aromatic heterocycles. The number of alkyl halides is 3. The maximum absolute atomic E-state index is 14.3.